The van der Waals surface area contributed by atoms with Crippen LogP contribution in [0.2, 0.25) is 0 Å². The maximum absolute atomic E-state index is 12.3. The van der Waals surface area contributed by atoms with Gasteiger partial charge in [-0.05, 0) is 50.1 Å². The lowest BCUT2D eigenvalue weighted by Gasteiger charge is -2.29. The number of rotatable bonds is 4. The molecule has 2 aliphatic rings. The third kappa shape index (κ3) is 4.64. The van der Waals surface area contributed by atoms with Gasteiger partial charge in [-0.2, -0.15) is 0 Å². The minimum Gasteiger partial charge on any atom is -0.342 e. The second-order valence-electron chi connectivity index (χ2n) is 6.19. The number of amides is 1. The molecule has 1 amide bonds. The highest BCUT2D eigenvalue weighted by atomic mass is 35.5. The van der Waals surface area contributed by atoms with Gasteiger partial charge in [0.2, 0.25) is 5.91 Å². The molecule has 2 heterocycles. The molecule has 2 aliphatic heterocycles. The Morgan fingerprint density at radius 1 is 1.42 bits per heavy atom. The second kappa shape index (κ2) is 8.11. The SMILES string of the molecule is CCC1CCN(C(=O)CC(C)C2CCCNC2)C1.Cl. The predicted octanol–water partition coefficient (Wildman–Crippen LogP) is 2.69. The molecule has 1 N–H and O–H groups in total. The van der Waals surface area contributed by atoms with Crippen molar-refractivity contribution >= 4 is 18.3 Å². The molecule has 3 atom stereocenters. The summed E-state index contributed by atoms with van der Waals surface area (Å²) in [5, 5.41) is 3.45. The van der Waals surface area contributed by atoms with Gasteiger partial charge in [-0.25, -0.2) is 0 Å². The number of nitrogens with zero attached hydrogens (tertiary/aromatic N) is 1. The van der Waals surface area contributed by atoms with Gasteiger partial charge in [0.25, 0.3) is 0 Å². The molecular formula is C15H29ClN2O. The molecular weight excluding hydrogens is 260 g/mol. The molecule has 4 heteroatoms. The Balaban J connectivity index is 0.00000180. The van der Waals surface area contributed by atoms with Crippen LogP contribution in [0.3, 0.4) is 0 Å². The van der Waals surface area contributed by atoms with Gasteiger partial charge >= 0.3 is 0 Å². The zero-order valence-electron chi connectivity index (χ0n) is 12.4. The summed E-state index contributed by atoms with van der Waals surface area (Å²) in [6.45, 7) is 8.74. The summed E-state index contributed by atoms with van der Waals surface area (Å²) in [4.78, 5) is 14.4. The molecule has 2 rings (SSSR count). The van der Waals surface area contributed by atoms with E-state index < -0.39 is 0 Å². The van der Waals surface area contributed by atoms with Gasteiger partial charge in [0.1, 0.15) is 0 Å². The Morgan fingerprint density at radius 2 is 2.21 bits per heavy atom. The lowest BCUT2D eigenvalue weighted by Crippen LogP contribution is -2.36. The highest BCUT2D eigenvalue weighted by Crippen LogP contribution is 2.25. The lowest BCUT2D eigenvalue weighted by atomic mass is 9.85. The smallest absolute Gasteiger partial charge is 0.222 e. The fourth-order valence-electron chi connectivity index (χ4n) is 3.33. The first kappa shape index (κ1) is 16.8. The first-order valence-corrected chi connectivity index (χ1v) is 7.69. The van der Waals surface area contributed by atoms with E-state index in [-0.39, 0.29) is 12.4 Å². The molecule has 3 nitrogen and oxygen atoms in total. The van der Waals surface area contributed by atoms with Crippen LogP contribution in [0, 0.1) is 17.8 Å². The predicted molar refractivity (Wildman–Crippen MR) is 81.6 cm³/mol. The summed E-state index contributed by atoms with van der Waals surface area (Å²) in [5.74, 6) is 2.38. The Bertz CT molecular complexity index is 279. The van der Waals surface area contributed by atoms with E-state index in [0.717, 1.165) is 38.5 Å². The van der Waals surface area contributed by atoms with Crippen molar-refractivity contribution in [3.8, 4) is 0 Å². The van der Waals surface area contributed by atoms with Gasteiger partial charge < -0.3 is 10.2 Å². The quantitative estimate of drug-likeness (QED) is 0.863. The number of likely N-dealkylation sites (tertiary alicyclic amines) is 1. The number of carbonyl (C=O) groups is 1. The van der Waals surface area contributed by atoms with Crippen molar-refractivity contribution in [1.82, 2.24) is 10.2 Å². The average Bonchev–Trinajstić information content (AvgIpc) is 2.88. The molecule has 0 radical (unpaired) electrons. The summed E-state index contributed by atoms with van der Waals surface area (Å²) in [6.07, 6.45) is 5.74. The van der Waals surface area contributed by atoms with Crippen LogP contribution in [0.1, 0.15) is 46.0 Å². The van der Waals surface area contributed by atoms with Gasteiger partial charge in [-0.3, -0.25) is 4.79 Å². The van der Waals surface area contributed by atoms with Crippen LogP contribution >= 0.6 is 12.4 Å². The van der Waals surface area contributed by atoms with Crippen LogP contribution in [0.15, 0.2) is 0 Å². The number of halogens is 1. The van der Waals surface area contributed by atoms with Crippen molar-refractivity contribution in [2.24, 2.45) is 17.8 Å². The van der Waals surface area contributed by atoms with E-state index in [1.54, 1.807) is 0 Å². The lowest BCUT2D eigenvalue weighted by molar-refractivity contribution is -0.131. The van der Waals surface area contributed by atoms with Crippen molar-refractivity contribution in [1.29, 1.82) is 0 Å². The van der Waals surface area contributed by atoms with Gasteiger partial charge in [0, 0.05) is 19.5 Å². The van der Waals surface area contributed by atoms with Crippen molar-refractivity contribution in [2.75, 3.05) is 26.2 Å². The Labute approximate surface area is 123 Å². The monoisotopic (exact) mass is 288 g/mol. The van der Waals surface area contributed by atoms with Crippen LogP contribution < -0.4 is 5.32 Å². The zero-order valence-corrected chi connectivity index (χ0v) is 13.2. The summed E-state index contributed by atoms with van der Waals surface area (Å²) in [6, 6.07) is 0. The third-order valence-electron chi connectivity index (χ3n) is 4.85. The van der Waals surface area contributed by atoms with E-state index >= 15 is 0 Å². The molecule has 0 aromatic heterocycles. The van der Waals surface area contributed by atoms with E-state index in [4.69, 9.17) is 0 Å². The number of hydrogen-bond acceptors (Lipinski definition) is 2. The molecule has 3 unspecified atom stereocenters. The molecule has 0 spiro atoms. The fourth-order valence-corrected chi connectivity index (χ4v) is 3.33. The molecule has 0 aliphatic carbocycles. The molecule has 0 aromatic rings. The van der Waals surface area contributed by atoms with Crippen LogP contribution in [0.4, 0.5) is 0 Å². The summed E-state index contributed by atoms with van der Waals surface area (Å²) >= 11 is 0. The van der Waals surface area contributed by atoms with E-state index in [0.29, 0.717) is 17.7 Å². The van der Waals surface area contributed by atoms with Gasteiger partial charge in [-0.15, -0.1) is 12.4 Å². The molecule has 0 bridgehead atoms. The highest BCUT2D eigenvalue weighted by molar-refractivity contribution is 5.85. The Hall–Kier alpha value is -0.280. The summed E-state index contributed by atoms with van der Waals surface area (Å²) < 4.78 is 0. The van der Waals surface area contributed by atoms with Crippen molar-refractivity contribution < 1.29 is 4.79 Å². The summed E-state index contributed by atoms with van der Waals surface area (Å²) in [7, 11) is 0. The average molecular weight is 289 g/mol. The molecule has 0 aromatic carbocycles. The second-order valence-corrected chi connectivity index (χ2v) is 6.19. The topological polar surface area (TPSA) is 32.3 Å². The fraction of sp³-hybridized carbons (Fsp3) is 0.933. The van der Waals surface area contributed by atoms with E-state index in [2.05, 4.69) is 24.1 Å². The summed E-state index contributed by atoms with van der Waals surface area (Å²) in [5.41, 5.74) is 0. The maximum Gasteiger partial charge on any atom is 0.222 e. The number of carbonyl (C=O) groups excluding carboxylic acids is 1. The molecule has 19 heavy (non-hydrogen) atoms. The van der Waals surface area contributed by atoms with E-state index in [9.17, 15) is 4.79 Å². The van der Waals surface area contributed by atoms with Crippen LogP contribution in [0.25, 0.3) is 0 Å². The Morgan fingerprint density at radius 3 is 2.79 bits per heavy atom. The van der Waals surface area contributed by atoms with Crippen molar-refractivity contribution in [3.63, 3.8) is 0 Å². The molecule has 2 saturated heterocycles. The van der Waals surface area contributed by atoms with Crippen LogP contribution in [-0.2, 0) is 4.79 Å². The zero-order chi connectivity index (χ0) is 13.0. The maximum atomic E-state index is 12.3. The van der Waals surface area contributed by atoms with Crippen LogP contribution in [0.5, 0.6) is 0 Å². The van der Waals surface area contributed by atoms with E-state index in [1.807, 2.05) is 0 Å². The number of hydrogen-bond donors (Lipinski definition) is 1. The highest BCUT2D eigenvalue weighted by Gasteiger charge is 2.28. The third-order valence-corrected chi connectivity index (χ3v) is 4.85. The normalized spacial score (nSPS) is 28.8. The first-order chi connectivity index (χ1) is 8.70. The largest absolute Gasteiger partial charge is 0.342 e. The standard InChI is InChI=1S/C15H28N2O.ClH/c1-3-13-6-8-17(11-13)15(18)9-12(2)14-5-4-7-16-10-14;/h12-14,16H,3-11H2,1-2H3;1H. The minimum atomic E-state index is 0. The van der Waals surface area contributed by atoms with Gasteiger partial charge in [-0.1, -0.05) is 20.3 Å². The molecule has 0 saturated carbocycles. The number of nitrogens with one attached hydrogen (secondary N) is 1. The van der Waals surface area contributed by atoms with E-state index in [1.165, 1.54) is 25.7 Å². The minimum absolute atomic E-state index is 0. The Kier molecular flexibility index (Phi) is 7.16. The van der Waals surface area contributed by atoms with Crippen molar-refractivity contribution in [2.45, 2.75) is 46.0 Å². The van der Waals surface area contributed by atoms with Gasteiger partial charge in [0.05, 0.1) is 0 Å². The van der Waals surface area contributed by atoms with Crippen molar-refractivity contribution in [3.05, 3.63) is 0 Å². The molecule has 2 fully saturated rings. The molecule has 112 valence electrons. The van der Waals surface area contributed by atoms with Gasteiger partial charge in [0.15, 0.2) is 0 Å². The first-order valence-electron chi connectivity index (χ1n) is 7.69. The number of piperidine rings is 1. The van der Waals surface area contributed by atoms with Crippen LogP contribution in [-0.4, -0.2) is 37.0 Å².